The molecule has 0 aliphatic heterocycles. The van der Waals surface area contributed by atoms with Gasteiger partial charge in [-0.2, -0.15) is 0 Å². The van der Waals surface area contributed by atoms with Crippen LogP contribution in [0.3, 0.4) is 0 Å². The van der Waals surface area contributed by atoms with Crippen molar-refractivity contribution in [2.75, 3.05) is 79.3 Å². The third-order valence-corrected chi connectivity index (χ3v) is 5.12. The number of ether oxygens (including phenoxy) is 6. The first-order chi connectivity index (χ1) is 16.7. The zero-order valence-corrected chi connectivity index (χ0v) is 21.5. The van der Waals surface area contributed by atoms with Crippen LogP contribution in [0.1, 0.15) is 51.5 Å². The van der Waals surface area contributed by atoms with Gasteiger partial charge in [-0.05, 0) is 36.5 Å². The number of aryl methyl sites for hydroxylation is 1. The van der Waals surface area contributed by atoms with E-state index in [2.05, 4.69) is 32.0 Å². The summed E-state index contributed by atoms with van der Waals surface area (Å²) in [6.45, 7) is 10.2. The van der Waals surface area contributed by atoms with Gasteiger partial charge in [-0.1, -0.05) is 51.7 Å². The molecule has 7 heteroatoms. The van der Waals surface area contributed by atoms with Crippen molar-refractivity contribution in [3.63, 3.8) is 0 Å². The molecule has 34 heavy (non-hydrogen) atoms. The van der Waals surface area contributed by atoms with E-state index in [1.165, 1.54) is 37.7 Å². The van der Waals surface area contributed by atoms with E-state index in [-0.39, 0.29) is 6.61 Å². The van der Waals surface area contributed by atoms with E-state index in [1.807, 2.05) is 6.07 Å². The third kappa shape index (κ3) is 20.2. The smallest absolute Gasteiger partial charge is 0.119 e. The van der Waals surface area contributed by atoms with E-state index in [1.54, 1.807) is 0 Å². The molecule has 0 saturated carbocycles. The first-order valence-corrected chi connectivity index (χ1v) is 12.9. The molecule has 0 aliphatic rings. The lowest BCUT2D eigenvalue weighted by atomic mass is 10.0. The molecule has 0 spiro atoms. The number of hydrogen-bond acceptors (Lipinski definition) is 7. The Hall–Kier alpha value is -1.22. The Morgan fingerprint density at radius 1 is 0.647 bits per heavy atom. The van der Waals surface area contributed by atoms with E-state index in [0.29, 0.717) is 72.7 Å². The van der Waals surface area contributed by atoms with Gasteiger partial charge in [0, 0.05) is 0 Å². The van der Waals surface area contributed by atoms with E-state index < -0.39 is 0 Å². The molecule has 0 heterocycles. The van der Waals surface area contributed by atoms with Crippen molar-refractivity contribution in [2.24, 2.45) is 5.92 Å². The van der Waals surface area contributed by atoms with E-state index in [4.69, 9.17) is 33.5 Å². The Kier molecular flexibility index (Phi) is 21.3. The number of rotatable bonds is 25. The van der Waals surface area contributed by atoms with Crippen molar-refractivity contribution >= 4 is 0 Å². The lowest BCUT2D eigenvalue weighted by molar-refractivity contribution is -0.0146. The minimum absolute atomic E-state index is 0.0371. The molecule has 0 radical (unpaired) electrons. The number of aliphatic hydroxyl groups excluding tert-OH is 1. The van der Waals surface area contributed by atoms with Gasteiger partial charge in [0.1, 0.15) is 12.4 Å². The molecular formula is C27H48O7. The molecule has 0 saturated heterocycles. The van der Waals surface area contributed by atoms with Gasteiger partial charge < -0.3 is 33.5 Å². The fourth-order valence-corrected chi connectivity index (χ4v) is 3.29. The summed E-state index contributed by atoms with van der Waals surface area (Å²) in [7, 11) is 0. The summed E-state index contributed by atoms with van der Waals surface area (Å²) in [5, 5.41) is 8.57. The van der Waals surface area contributed by atoms with Gasteiger partial charge in [0.05, 0.1) is 72.7 Å². The summed E-state index contributed by atoms with van der Waals surface area (Å²) >= 11 is 0. The van der Waals surface area contributed by atoms with E-state index in [0.717, 1.165) is 18.1 Å². The van der Waals surface area contributed by atoms with Gasteiger partial charge in [0.15, 0.2) is 0 Å². The Bertz CT molecular complexity index is 554. The molecule has 0 atom stereocenters. The maximum absolute atomic E-state index is 8.57. The highest BCUT2D eigenvalue weighted by Crippen LogP contribution is 2.16. The van der Waals surface area contributed by atoms with Gasteiger partial charge >= 0.3 is 0 Å². The molecule has 1 aromatic carbocycles. The van der Waals surface area contributed by atoms with Gasteiger partial charge in [0.25, 0.3) is 0 Å². The zero-order chi connectivity index (χ0) is 24.5. The van der Waals surface area contributed by atoms with Crippen LogP contribution < -0.4 is 4.74 Å². The molecule has 0 amide bonds. The molecule has 198 valence electrons. The van der Waals surface area contributed by atoms with Crippen molar-refractivity contribution in [2.45, 2.75) is 52.4 Å². The highest BCUT2D eigenvalue weighted by molar-refractivity contribution is 5.28. The number of unbranched alkanes of at least 4 members (excludes halogenated alkanes) is 3. The largest absolute Gasteiger partial charge is 0.491 e. The van der Waals surface area contributed by atoms with Crippen LogP contribution in [0, 0.1) is 5.92 Å². The molecule has 1 rings (SSSR count). The average molecular weight is 485 g/mol. The van der Waals surface area contributed by atoms with Crippen molar-refractivity contribution in [3.8, 4) is 5.75 Å². The van der Waals surface area contributed by atoms with E-state index >= 15 is 0 Å². The summed E-state index contributed by atoms with van der Waals surface area (Å²) in [6, 6.07) is 8.40. The van der Waals surface area contributed by atoms with Gasteiger partial charge in [-0.25, -0.2) is 0 Å². The topological polar surface area (TPSA) is 75.6 Å². The van der Waals surface area contributed by atoms with Crippen LogP contribution >= 0.6 is 0 Å². The maximum atomic E-state index is 8.57. The van der Waals surface area contributed by atoms with Crippen LogP contribution in [-0.2, 0) is 30.1 Å². The minimum Gasteiger partial charge on any atom is -0.491 e. The number of aliphatic hydroxyl groups is 1. The summed E-state index contributed by atoms with van der Waals surface area (Å²) < 4.78 is 32.7. The molecule has 0 aliphatic carbocycles. The molecule has 1 aromatic rings. The fraction of sp³-hybridized carbons (Fsp3) is 0.778. The van der Waals surface area contributed by atoms with Gasteiger partial charge in [0.2, 0.25) is 0 Å². The van der Waals surface area contributed by atoms with Crippen LogP contribution in [0.4, 0.5) is 0 Å². The zero-order valence-electron chi connectivity index (χ0n) is 21.5. The second kappa shape index (κ2) is 23.5. The molecule has 0 aromatic heterocycles. The molecule has 0 fully saturated rings. The summed E-state index contributed by atoms with van der Waals surface area (Å²) in [5.74, 6) is 1.73. The average Bonchev–Trinajstić information content (AvgIpc) is 2.83. The first-order valence-electron chi connectivity index (χ1n) is 12.9. The second-order valence-corrected chi connectivity index (χ2v) is 8.63. The monoisotopic (exact) mass is 484 g/mol. The molecular weight excluding hydrogens is 436 g/mol. The van der Waals surface area contributed by atoms with Crippen LogP contribution in [0.25, 0.3) is 0 Å². The number of hydrogen-bond donors (Lipinski definition) is 1. The van der Waals surface area contributed by atoms with Crippen LogP contribution in [0.2, 0.25) is 0 Å². The summed E-state index contributed by atoms with van der Waals surface area (Å²) in [6.07, 6.45) is 7.68. The standard InChI is InChI=1S/C27H48O7/c1-25(2)8-5-3-4-6-9-26-10-7-11-27(24-26)34-23-22-33-21-20-32-19-18-31-17-16-30-15-14-29-13-12-28/h7,10-11,24-25,28H,3-6,8-9,12-23H2,1-2H3. The lowest BCUT2D eigenvalue weighted by Gasteiger charge is -2.10. The third-order valence-electron chi connectivity index (χ3n) is 5.12. The van der Waals surface area contributed by atoms with Crippen molar-refractivity contribution < 1.29 is 33.5 Å². The highest BCUT2D eigenvalue weighted by Gasteiger charge is 2.00. The Morgan fingerprint density at radius 3 is 1.74 bits per heavy atom. The molecule has 7 nitrogen and oxygen atoms in total. The Labute approximate surface area is 207 Å². The van der Waals surface area contributed by atoms with Crippen molar-refractivity contribution in [3.05, 3.63) is 29.8 Å². The minimum atomic E-state index is 0.0371. The highest BCUT2D eigenvalue weighted by atomic mass is 16.6. The SMILES string of the molecule is CC(C)CCCCCCc1cccc(OCCOCCOCCOCCOCCOCCO)c1. The van der Waals surface area contributed by atoms with Crippen LogP contribution in [0.15, 0.2) is 24.3 Å². The predicted molar refractivity (Wildman–Crippen MR) is 135 cm³/mol. The van der Waals surface area contributed by atoms with Crippen LogP contribution in [0.5, 0.6) is 5.75 Å². The first kappa shape index (κ1) is 30.8. The summed E-state index contributed by atoms with van der Waals surface area (Å²) in [4.78, 5) is 0. The lowest BCUT2D eigenvalue weighted by Crippen LogP contribution is -2.14. The maximum Gasteiger partial charge on any atom is 0.119 e. The van der Waals surface area contributed by atoms with Gasteiger partial charge in [-0.3, -0.25) is 0 Å². The normalized spacial score (nSPS) is 11.4. The number of benzene rings is 1. The second-order valence-electron chi connectivity index (χ2n) is 8.63. The molecule has 1 N–H and O–H groups in total. The fourth-order valence-electron chi connectivity index (χ4n) is 3.29. The molecule has 0 bridgehead atoms. The predicted octanol–water partition coefficient (Wildman–Crippen LogP) is 4.29. The molecule has 0 unspecified atom stereocenters. The Balaban J connectivity index is 1.87. The van der Waals surface area contributed by atoms with Crippen molar-refractivity contribution in [1.29, 1.82) is 0 Å². The van der Waals surface area contributed by atoms with Gasteiger partial charge in [-0.15, -0.1) is 0 Å². The summed E-state index contributed by atoms with van der Waals surface area (Å²) in [5.41, 5.74) is 1.34. The van der Waals surface area contributed by atoms with Crippen LogP contribution in [-0.4, -0.2) is 84.4 Å². The van der Waals surface area contributed by atoms with E-state index in [9.17, 15) is 0 Å². The quantitative estimate of drug-likeness (QED) is 0.208. The Morgan fingerprint density at radius 2 is 1.18 bits per heavy atom. The van der Waals surface area contributed by atoms with Crippen molar-refractivity contribution in [1.82, 2.24) is 0 Å².